The fourth-order valence-corrected chi connectivity index (χ4v) is 3.09. The maximum Gasteiger partial charge on any atom is 0.419 e. The average Bonchev–Trinajstić information content (AvgIpc) is 3.05. The summed E-state index contributed by atoms with van der Waals surface area (Å²) in [5.41, 5.74) is 1.05. The number of benzene rings is 1. The molecule has 0 aliphatic carbocycles. The second-order valence-corrected chi connectivity index (χ2v) is 6.46. The highest BCUT2D eigenvalue weighted by Gasteiger charge is 2.25. The summed E-state index contributed by atoms with van der Waals surface area (Å²) < 4.78 is 16.4. The lowest BCUT2D eigenvalue weighted by Gasteiger charge is -2.33. The van der Waals surface area contributed by atoms with Gasteiger partial charge >= 0.3 is 17.8 Å². The molecule has 1 fully saturated rings. The molecule has 0 bridgehead atoms. The lowest BCUT2D eigenvalue weighted by Crippen LogP contribution is -2.51. The van der Waals surface area contributed by atoms with Crippen molar-refractivity contribution in [1.82, 2.24) is 14.4 Å². The van der Waals surface area contributed by atoms with Gasteiger partial charge in [-0.2, -0.15) is 0 Å². The topological polar surface area (TPSA) is 111 Å². The smallest absolute Gasteiger partial charge is 0.419 e. The first kappa shape index (κ1) is 20.4. The van der Waals surface area contributed by atoms with E-state index in [2.05, 4.69) is 0 Å². The molecule has 10 nitrogen and oxygen atoms in total. The molecule has 10 heteroatoms. The Morgan fingerprint density at radius 1 is 1.03 bits per heavy atom. The van der Waals surface area contributed by atoms with Crippen LogP contribution in [0.3, 0.4) is 0 Å². The van der Waals surface area contributed by atoms with Crippen LogP contribution in [0.5, 0.6) is 0 Å². The van der Waals surface area contributed by atoms with E-state index >= 15 is 0 Å². The van der Waals surface area contributed by atoms with E-state index in [0.717, 1.165) is 0 Å². The number of nitrogens with zero attached hydrogens (tertiary/aromatic N) is 3. The third kappa shape index (κ3) is 4.95. The van der Waals surface area contributed by atoms with Gasteiger partial charge in [0.2, 0.25) is 0 Å². The molecule has 0 radical (unpaired) electrons. The van der Waals surface area contributed by atoms with Crippen molar-refractivity contribution in [2.75, 3.05) is 39.4 Å². The monoisotopic (exact) mass is 405 g/mol. The Labute approximate surface area is 166 Å². The van der Waals surface area contributed by atoms with Gasteiger partial charge in [0.05, 0.1) is 18.5 Å². The van der Waals surface area contributed by atoms with Gasteiger partial charge in [0, 0.05) is 32.7 Å². The Morgan fingerprint density at radius 3 is 2.45 bits per heavy atom. The summed E-state index contributed by atoms with van der Waals surface area (Å²) in [5.74, 6) is -1.46. The van der Waals surface area contributed by atoms with Crippen LogP contribution in [0.25, 0.3) is 11.1 Å². The third-order valence-corrected chi connectivity index (χ3v) is 4.63. The van der Waals surface area contributed by atoms with Gasteiger partial charge in [-0.15, -0.1) is 0 Å². The molecule has 2 heterocycles. The Balaban J connectivity index is 1.43. The van der Waals surface area contributed by atoms with E-state index in [1.807, 2.05) is 0 Å². The average molecular weight is 405 g/mol. The minimum atomic E-state index is -0.583. The highest BCUT2D eigenvalue weighted by molar-refractivity contribution is 5.81. The van der Waals surface area contributed by atoms with Gasteiger partial charge in [0.15, 0.2) is 12.2 Å². The third-order valence-electron chi connectivity index (χ3n) is 4.63. The quantitative estimate of drug-likeness (QED) is 0.655. The van der Waals surface area contributed by atoms with Crippen molar-refractivity contribution in [2.45, 2.75) is 19.9 Å². The minimum Gasteiger partial charge on any atom is -0.456 e. The van der Waals surface area contributed by atoms with Crippen molar-refractivity contribution in [2.24, 2.45) is 0 Å². The van der Waals surface area contributed by atoms with Crippen LogP contribution in [0, 0.1) is 0 Å². The number of carbonyl (C=O) groups is 3. The van der Waals surface area contributed by atoms with E-state index < -0.39 is 17.8 Å². The number of piperazine rings is 1. The number of aromatic nitrogens is 1. The highest BCUT2D eigenvalue weighted by atomic mass is 16.6. The van der Waals surface area contributed by atoms with Gasteiger partial charge in [-0.3, -0.25) is 14.2 Å². The molecule has 1 aromatic carbocycles. The molecule has 2 aromatic rings. The largest absolute Gasteiger partial charge is 0.456 e. The number of hydrogen-bond donors (Lipinski definition) is 0. The first-order valence-electron chi connectivity index (χ1n) is 9.43. The van der Waals surface area contributed by atoms with Crippen LogP contribution in [0.1, 0.15) is 13.3 Å². The Bertz CT molecular complexity index is 941. The molecular weight excluding hydrogens is 382 g/mol. The standard InChI is InChI=1S/C19H23N3O7/c1-2-27-18(25)21-11-9-20(10-12-21)16(23)13-28-17(24)7-8-22-14-5-3-4-6-15(14)29-19(22)26/h3-6H,2,7-13H2,1H3. The molecule has 3 rings (SSSR count). The van der Waals surface area contributed by atoms with Crippen molar-refractivity contribution in [3.8, 4) is 0 Å². The minimum absolute atomic E-state index is 0.0622. The molecular formula is C19H23N3O7. The van der Waals surface area contributed by atoms with Gasteiger partial charge in [0.25, 0.3) is 5.91 Å². The maximum atomic E-state index is 12.2. The number of rotatable bonds is 6. The van der Waals surface area contributed by atoms with E-state index in [4.69, 9.17) is 13.9 Å². The van der Waals surface area contributed by atoms with Crippen molar-refractivity contribution < 1.29 is 28.3 Å². The SMILES string of the molecule is CCOC(=O)N1CCN(C(=O)COC(=O)CCn2c(=O)oc3ccccc32)CC1. The normalized spacial score (nSPS) is 14.1. The van der Waals surface area contributed by atoms with E-state index in [1.165, 1.54) is 14.4 Å². The molecule has 1 aliphatic heterocycles. The maximum absolute atomic E-state index is 12.2. The molecule has 0 spiro atoms. The molecule has 0 unspecified atom stereocenters. The number of fused-ring (bicyclic) bond motifs is 1. The predicted octanol–water partition coefficient (Wildman–Crippen LogP) is 0.828. The molecule has 29 heavy (non-hydrogen) atoms. The molecule has 1 saturated heterocycles. The lowest BCUT2D eigenvalue weighted by molar-refractivity contribution is -0.152. The van der Waals surface area contributed by atoms with Crippen LogP contribution in [-0.4, -0.2) is 71.7 Å². The first-order chi connectivity index (χ1) is 14.0. The van der Waals surface area contributed by atoms with Crippen molar-refractivity contribution in [3.05, 3.63) is 34.8 Å². The van der Waals surface area contributed by atoms with Crippen molar-refractivity contribution >= 4 is 29.1 Å². The highest BCUT2D eigenvalue weighted by Crippen LogP contribution is 2.12. The zero-order chi connectivity index (χ0) is 20.8. The summed E-state index contributed by atoms with van der Waals surface area (Å²) in [6, 6.07) is 6.92. The van der Waals surface area contributed by atoms with Crippen LogP contribution in [0.4, 0.5) is 4.79 Å². The summed E-state index contributed by atoms with van der Waals surface area (Å²) >= 11 is 0. The van der Waals surface area contributed by atoms with Gasteiger partial charge in [-0.05, 0) is 19.1 Å². The Hall–Kier alpha value is -3.30. The second kappa shape index (κ2) is 9.26. The van der Waals surface area contributed by atoms with E-state index in [1.54, 1.807) is 31.2 Å². The van der Waals surface area contributed by atoms with Crippen molar-refractivity contribution in [1.29, 1.82) is 0 Å². The zero-order valence-corrected chi connectivity index (χ0v) is 16.2. The summed E-state index contributed by atoms with van der Waals surface area (Å²) in [7, 11) is 0. The number of esters is 1. The summed E-state index contributed by atoms with van der Waals surface area (Å²) in [4.78, 5) is 50.8. The fraction of sp³-hybridized carbons (Fsp3) is 0.474. The summed E-state index contributed by atoms with van der Waals surface area (Å²) in [5, 5.41) is 0. The van der Waals surface area contributed by atoms with E-state index in [0.29, 0.717) is 43.9 Å². The van der Waals surface area contributed by atoms with Gasteiger partial charge in [0.1, 0.15) is 0 Å². The van der Waals surface area contributed by atoms with Crippen LogP contribution in [-0.2, 0) is 25.6 Å². The number of amides is 2. The van der Waals surface area contributed by atoms with Crippen molar-refractivity contribution in [3.63, 3.8) is 0 Å². The molecule has 1 aliphatic rings. The number of aryl methyl sites for hydroxylation is 1. The van der Waals surface area contributed by atoms with E-state index in [9.17, 15) is 19.2 Å². The zero-order valence-electron chi connectivity index (χ0n) is 16.2. The van der Waals surface area contributed by atoms with Crippen LogP contribution in [0.15, 0.2) is 33.5 Å². The first-order valence-corrected chi connectivity index (χ1v) is 9.43. The van der Waals surface area contributed by atoms with Crippen LogP contribution >= 0.6 is 0 Å². The number of carbonyl (C=O) groups excluding carboxylic acids is 3. The molecule has 2 amide bonds. The van der Waals surface area contributed by atoms with Gasteiger partial charge in [-0.1, -0.05) is 12.1 Å². The molecule has 0 atom stereocenters. The summed E-state index contributed by atoms with van der Waals surface area (Å²) in [6.45, 7) is 3.20. The number of oxazole rings is 1. The number of para-hydroxylation sites is 2. The molecule has 156 valence electrons. The van der Waals surface area contributed by atoms with Gasteiger partial charge < -0.3 is 23.7 Å². The molecule has 1 aromatic heterocycles. The lowest BCUT2D eigenvalue weighted by atomic mass is 10.3. The summed E-state index contributed by atoms with van der Waals surface area (Å²) in [6.07, 6.45) is -0.457. The number of hydrogen-bond acceptors (Lipinski definition) is 7. The Kier molecular flexibility index (Phi) is 6.53. The molecule has 0 saturated carbocycles. The Morgan fingerprint density at radius 2 is 1.72 bits per heavy atom. The molecule has 0 N–H and O–H groups in total. The van der Waals surface area contributed by atoms with Crippen LogP contribution in [0.2, 0.25) is 0 Å². The number of ether oxygens (including phenoxy) is 2. The predicted molar refractivity (Wildman–Crippen MR) is 101 cm³/mol. The van der Waals surface area contributed by atoms with E-state index in [-0.39, 0.29) is 25.5 Å². The van der Waals surface area contributed by atoms with Gasteiger partial charge in [-0.25, -0.2) is 9.59 Å². The fourth-order valence-electron chi connectivity index (χ4n) is 3.09. The second-order valence-electron chi connectivity index (χ2n) is 6.46. The van der Waals surface area contributed by atoms with Crippen LogP contribution < -0.4 is 5.76 Å².